The number of thioether (sulfide) groups is 1. The molecule has 0 saturated heterocycles. The van der Waals surface area contributed by atoms with Gasteiger partial charge in [-0.15, -0.1) is 0 Å². The van der Waals surface area contributed by atoms with Gasteiger partial charge in [-0.1, -0.05) is 12.1 Å². The van der Waals surface area contributed by atoms with Gasteiger partial charge in [0.2, 0.25) is 0 Å². The maximum atomic E-state index is 5.19. The molecule has 0 heterocycles. The smallest absolute Gasteiger partial charge is 0.118 e. The highest BCUT2D eigenvalue weighted by Gasteiger charge is 2.24. The van der Waals surface area contributed by atoms with Crippen LogP contribution in [0.5, 0.6) is 5.75 Å². The highest BCUT2D eigenvalue weighted by molar-refractivity contribution is 7.99. The summed E-state index contributed by atoms with van der Waals surface area (Å²) in [4.78, 5) is 0. The first kappa shape index (κ1) is 14.7. The van der Waals surface area contributed by atoms with Crippen molar-refractivity contribution in [3.05, 3.63) is 29.8 Å². The van der Waals surface area contributed by atoms with Crippen LogP contribution in [0.15, 0.2) is 24.3 Å². The zero-order chi connectivity index (χ0) is 13.7. The molecule has 19 heavy (non-hydrogen) atoms. The minimum atomic E-state index is 0.541. The predicted octanol–water partition coefficient (Wildman–Crippen LogP) is 3.50. The molecule has 0 spiro atoms. The molecular weight excluding hydrogens is 254 g/mol. The molecule has 2 rings (SSSR count). The van der Waals surface area contributed by atoms with Crippen molar-refractivity contribution in [1.82, 2.24) is 5.32 Å². The van der Waals surface area contributed by atoms with Gasteiger partial charge in [0.25, 0.3) is 0 Å². The molecule has 0 bridgehead atoms. The van der Waals surface area contributed by atoms with E-state index in [1.165, 1.54) is 24.8 Å². The van der Waals surface area contributed by atoms with Gasteiger partial charge < -0.3 is 10.1 Å². The standard InChI is InChI=1S/C16H25NOS/c1-12(17-14-6-9-16(11-14)19-3)10-13-4-7-15(18-2)8-5-13/h4-5,7-8,12,14,16-17H,6,9-11H2,1-3H3. The van der Waals surface area contributed by atoms with Gasteiger partial charge in [-0.3, -0.25) is 0 Å². The lowest BCUT2D eigenvalue weighted by molar-refractivity contribution is 0.414. The molecule has 2 nitrogen and oxygen atoms in total. The van der Waals surface area contributed by atoms with E-state index in [1.807, 2.05) is 23.9 Å². The highest BCUT2D eigenvalue weighted by atomic mass is 32.2. The Morgan fingerprint density at radius 1 is 1.32 bits per heavy atom. The number of ether oxygens (including phenoxy) is 1. The number of hydrogen-bond acceptors (Lipinski definition) is 3. The fourth-order valence-corrected chi connectivity index (χ4v) is 3.68. The summed E-state index contributed by atoms with van der Waals surface area (Å²) in [6.07, 6.45) is 7.35. The molecule has 1 aromatic carbocycles. The van der Waals surface area contributed by atoms with E-state index in [0.717, 1.165) is 17.4 Å². The highest BCUT2D eigenvalue weighted by Crippen LogP contribution is 2.28. The van der Waals surface area contributed by atoms with Crippen molar-refractivity contribution in [1.29, 1.82) is 0 Å². The Kier molecular flexibility index (Phi) is 5.59. The second-order valence-electron chi connectivity index (χ2n) is 5.49. The van der Waals surface area contributed by atoms with Crippen LogP contribution >= 0.6 is 11.8 Å². The monoisotopic (exact) mass is 279 g/mol. The van der Waals surface area contributed by atoms with Crippen molar-refractivity contribution in [2.24, 2.45) is 0 Å². The molecule has 1 fully saturated rings. The maximum absolute atomic E-state index is 5.19. The van der Waals surface area contributed by atoms with Gasteiger partial charge in [-0.25, -0.2) is 0 Å². The summed E-state index contributed by atoms with van der Waals surface area (Å²) in [5.74, 6) is 0.933. The van der Waals surface area contributed by atoms with Crippen molar-refractivity contribution in [3.8, 4) is 5.75 Å². The van der Waals surface area contributed by atoms with Gasteiger partial charge in [0, 0.05) is 17.3 Å². The lowest BCUT2D eigenvalue weighted by Gasteiger charge is -2.19. The first-order valence-corrected chi connectivity index (χ1v) is 8.42. The molecule has 106 valence electrons. The topological polar surface area (TPSA) is 21.3 Å². The Bertz CT molecular complexity index is 379. The van der Waals surface area contributed by atoms with Crippen LogP contribution in [0.2, 0.25) is 0 Å². The molecule has 1 aliphatic rings. The van der Waals surface area contributed by atoms with E-state index in [-0.39, 0.29) is 0 Å². The summed E-state index contributed by atoms with van der Waals surface area (Å²) in [6, 6.07) is 9.67. The van der Waals surface area contributed by atoms with E-state index in [9.17, 15) is 0 Å². The van der Waals surface area contributed by atoms with Gasteiger partial charge in [0.1, 0.15) is 5.75 Å². The van der Waals surface area contributed by atoms with Crippen molar-refractivity contribution in [3.63, 3.8) is 0 Å². The number of benzene rings is 1. The van der Waals surface area contributed by atoms with E-state index >= 15 is 0 Å². The van der Waals surface area contributed by atoms with Crippen LogP contribution in [0.4, 0.5) is 0 Å². The van der Waals surface area contributed by atoms with Crippen molar-refractivity contribution < 1.29 is 4.74 Å². The zero-order valence-electron chi connectivity index (χ0n) is 12.2. The minimum Gasteiger partial charge on any atom is -0.497 e. The first-order valence-electron chi connectivity index (χ1n) is 7.13. The van der Waals surface area contributed by atoms with E-state index in [0.29, 0.717) is 12.1 Å². The summed E-state index contributed by atoms with van der Waals surface area (Å²) in [5, 5.41) is 4.64. The summed E-state index contributed by atoms with van der Waals surface area (Å²) >= 11 is 2.02. The number of rotatable bonds is 6. The largest absolute Gasteiger partial charge is 0.497 e. The third-order valence-corrected chi connectivity index (χ3v) is 5.03. The fraction of sp³-hybridized carbons (Fsp3) is 0.625. The maximum Gasteiger partial charge on any atom is 0.118 e. The quantitative estimate of drug-likeness (QED) is 0.861. The number of hydrogen-bond donors (Lipinski definition) is 1. The molecule has 1 aromatic rings. The summed E-state index contributed by atoms with van der Waals surface area (Å²) in [6.45, 7) is 2.29. The Hall–Kier alpha value is -0.670. The van der Waals surface area contributed by atoms with Gasteiger partial charge in [-0.05, 0) is 56.6 Å². The van der Waals surface area contributed by atoms with Gasteiger partial charge in [0.15, 0.2) is 0 Å². The van der Waals surface area contributed by atoms with Gasteiger partial charge in [0.05, 0.1) is 7.11 Å². The lowest BCUT2D eigenvalue weighted by Crippen LogP contribution is -2.36. The average molecular weight is 279 g/mol. The van der Waals surface area contributed by atoms with Crippen LogP contribution in [-0.4, -0.2) is 30.7 Å². The predicted molar refractivity (Wildman–Crippen MR) is 84.2 cm³/mol. The van der Waals surface area contributed by atoms with E-state index < -0.39 is 0 Å². The van der Waals surface area contributed by atoms with Crippen molar-refractivity contribution >= 4 is 11.8 Å². The summed E-state index contributed by atoms with van der Waals surface area (Å²) in [7, 11) is 1.71. The lowest BCUT2D eigenvalue weighted by atomic mass is 10.1. The molecule has 0 amide bonds. The molecule has 1 N–H and O–H groups in total. The second kappa shape index (κ2) is 7.20. The molecule has 3 heteroatoms. The summed E-state index contributed by atoms with van der Waals surface area (Å²) in [5.41, 5.74) is 1.38. The summed E-state index contributed by atoms with van der Waals surface area (Å²) < 4.78 is 5.19. The van der Waals surface area contributed by atoms with E-state index in [4.69, 9.17) is 4.74 Å². The minimum absolute atomic E-state index is 0.541. The molecule has 0 aromatic heterocycles. The molecule has 0 radical (unpaired) electrons. The first-order chi connectivity index (χ1) is 9.21. The van der Waals surface area contributed by atoms with Crippen molar-refractivity contribution in [2.75, 3.05) is 13.4 Å². The van der Waals surface area contributed by atoms with Crippen LogP contribution in [0.3, 0.4) is 0 Å². The van der Waals surface area contributed by atoms with Crippen LogP contribution in [0.1, 0.15) is 31.7 Å². The third-order valence-electron chi connectivity index (χ3n) is 3.94. The average Bonchev–Trinajstić information content (AvgIpc) is 2.87. The Labute approximate surface area is 121 Å². The Balaban J connectivity index is 1.78. The molecule has 1 aliphatic carbocycles. The fourth-order valence-electron chi connectivity index (χ4n) is 2.88. The van der Waals surface area contributed by atoms with Crippen LogP contribution in [0.25, 0.3) is 0 Å². The Morgan fingerprint density at radius 2 is 2.05 bits per heavy atom. The molecule has 3 atom stereocenters. The molecule has 1 saturated carbocycles. The Morgan fingerprint density at radius 3 is 2.63 bits per heavy atom. The zero-order valence-corrected chi connectivity index (χ0v) is 13.0. The molecule has 0 aliphatic heterocycles. The normalized spacial score (nSPS) is 24.4. The van der Waals surface area contributed by atoms with Crippen LogP contribution in [-0.2, 0) is 6.42 Å². The molecular formula is C16H25NOS. The number of nitrogens with one attached hydrogen (secondary N) is 1. The second-order valence-corrected chi connectivity index (χ2v) is 6.63. The third kappa shape index (κ3) is 4.43. The van der Waals surface area contributed by atoms with E-state index in [2.05, 4.69) is 30.6 Å². The van der Waals surface area contributed by atoms with Crippen molar-refractivity contribution in [2.45, 2.75) is 49.9 Å². The number of methoxy groups -OCH3 is 1. The SMILES string of the molecule is COc1ccc(CC(C)NC2CCC(SC)C2)cc1. The van der Waals surface area contributed by atoms with E-state index in [1.54, 1.807) is 7.11 Å². The molecule has 3 unspecified atom stereocenters. The van der Waals surface area contributed by atoms with Crippen LogP contribution < -0.4 is 10.1 Å². The van der Waals surface area contributed by atoms with Gasteiger partial charge >= 0.3 is 0 Å². The van der Waals surface area contributed by atoms with Crippen LogP contribution in [0, 0.1) is 0 Å². The van der Waals surface area contributed by atoms with Gasteiger partial charge in [-0.2, -0.15) is 11.8 Å².